The quantitative estimate of drug-likeness (QED) is 0.746. The van der Waals surface area contributed by atoms with Crippen molar-refractivity contribution in [3.63, 3.8) is 0 Å². The summed E-state index contributed by atoms with van der Waals surface area (Å²) in [5.74, 6) is -0.421. The third-order valence-corrected chi connectivity index (χ3v) is 3.50. The third-order valence-electron chi connectivity index (χ3n) is 3.50. The van der Waals surface area contributed by atoms with Gasteiger partial charge < -0.3 is 5.11 Å². The first kappa shape index (κ1) is 15.7. The van der Waals surface area contributed by atoms with Gasteiger partial charge in [0, 0.05) is 6.54 Å². The molecule has 1 atom stereocenters. The molecule has 1 rings (SSSR count). The van der Waals surface area contributed by atoms with E-state index in [-0.39, 0.29) is 5.69 Å². The fourth-order valence-electron chi connectivity index (χ4n) is 2.29. The second-order valence-electron chi connectivity index (χ2n) is 5.04. The Morgan fingerprint density at radius 3 is 2.58 bits per heavy atom. The van der Waals surface area contributed by atoms with E-state index in [1.165, 1.54) is 19.3 Å². The van der Waals surface area contributed by atoms with Gasteiger partial charge >= 0.3 is 5.97 Å². The monoisotopic (exact) mass is 267 g/mol. The van der Waals surface area contributed by atoms with E-state index in [0.29, 0.717) is 5.92 Å². The predicted octanol–water partition coefficient (Wildman–Crippen LogP) is 3.15. The number of carboxylic acids is 1. The summed E-state index contributed by atoms with van der Waals surface area (Å²) in [6, 6.07) is 0. The second kappa shape index (κ2) is 7.92. The van der Waals surface area contributed by atoms with Crippen LogP contribution in [-0.4, -0.2) is 26.1 Å². The van der Waals surface area contributed by atoms with Crippen molar-refractivity contribution in [3.05, 3.63) is 11.4 Å². The summed E-state index contributed by atoms with van der Waals surface area (Å²) < 4.78 is 1.80. The first-order valence-corrected chi connectivity index (χ1v) is 7.29. The van der Waals surface area contributed by atoms with Crippen LogP contribution in [0.25, 0.3) is 0 Å². The van der Waals surface area contributed by atoms with Gasteiger partial charge in [0.2, 0.25) is 0 Å². The average Bonchev–Trinajstić information content (AvgIpc) is 2.78. The minimum atomic E-state index is -0.976. The van der Waals surface area contributed by atoms with Crippen LogP contribution in [0.3, 0.4) is 0 Å². The highest BCUT2D eigenvalue weighted by atomic mass is 16.4. The molecular formula is C14H25N3O2. The molecular weight excluding hydrogens is 242 g/mol. The summed E-state index contributed by atoms with van der Waals surface area (Å²) in [5.41, 5.74) is 0.886. The molecule has 0 radical (unpaired) electrons. The fraction of sp³-hybridized carbons (Fsp3) is 0.786. The first-order chi connectivity index (χ1) is 9.13. The zero-order chi connectivity index (χ0) is 14.3. The van der Waals surface area contributed by atoms with Gasteiger partial charge in [0.05, 0.1) is 5.69 Å². The third kappa shape index (κ3) is 4.33. The van der Waals surface area contributed by atoms with Crippen LogP contribution >= 0.6 is 0 Å². The van der Waals surface area contributed by atoms with E-state index in [1.54, 1.807) is 4.68 Å². The summed E-state index contributed by atoms with van der Waals surface area (Å²) in [6.45, 7) is 7.19. The van der Waals surface area contributed by atoms with Crippen molar-refractivity contribution >= 4 is 5.97 Å². The van der Waals surface area contributed by atoms with Crippen molar-refractivity contribution in [1.82, 2.24) is 15.0 Å². The molecule has 0 aliphatic carbocycles. The van der Waals surface area contributed by atoms with E-state index in [1.807, 2.05) is 6.92 Å². The van der Waals surface area contributed by atoms with Gasteiger partial charge in [-0.3, -0.25) is 0 Å². The van der Waals surface area contributed by atoms with Crippen LogP contribution in [0.4, 0.5) is 0 Å². The van der Waals surface area contributed by atoms with E-state index in [4.69, 9.17) is 5.11 Å². The second-order valence-corrected chi connectivity index (χ2v) is 5.04. The molecule has 0 amide bonds. The molecule has 5 nitrogen and oxygen atoms in total. The number of carbonyl (C=O) groups is 1. The Bertz CT molecular complexity index is 401. The van der Waals surface area contributed by atoms with Gasteiger partial charge in [-0.15, -0.1) is 5.10 Å². The van der Waals surface area contributed by atoms with Crippen molar-refractivity contribution < 1.29 is 9.90 Å². The van der Waals surface area contributed by atoms with E-state index in [0.717, 1.165) is 31.5 Å². The summed E-state index contributed by atoms with van der Waals surface area (Å²) >= 11 is 0. The van der Waals surface area contributed by atoms with E-state index in [2.05, 4.69) is 24.2 Å². The maximum absolute atomic E-state index is 11.1. The lowest BCUT2D eigenvalue weighted by molar-refractivity contribution is 0.0689. The van der Waals surface area contributed by atoms with Gasteiger partial charge in [-0.2, -0.15) is 0 Å². The largest absolute Gasteiger partial charge is 0.476 e. The molecule has 1 unspecified atom stereocenters. The highest BCUT2D eigenvalue weighted by Crippen LogP contribution is 2.17. The molecule has 0 bridgehead atoms. The number of unbranched alkanes of at least 4 members (excludes halogenated alkanes) is 1. The maximum atomic E-state index is 11.1. The number of aromatic nitrogens is 3. The highest BCUT2D eigenvalue weighted by Gasteiger charge is 2.19. The summed E-state index contributed by atoms with van der Waals surface area (Å²) in [7, 11) is 0. The zero-order valence-corrected chi connectivity index (χ0v) is 12.2. The van der Waals surface area contributed by atoms with Crippen LogP contribution in [0.15, 0.2) is 0 Å². The minimum Gasteiger partial charge on any atom is -0.476 e. The molecule has 0 aliphatic rings. The smallest absolute Gasteiger partial charge is 0.358 e. The van der Waals surface area contributed by atoms with Crippen LogP contribution in [0.2, 0.25) is 0 Å². The number of hydrogen-bond donors (Lipinski definition) is 1. The fourth-order valence-corrected chi connectivity index (χ4v) is 2.29. The molecule has 0 saturated carbocycles. The molecule has 1 N–H and O–H groups in total. The van der Waals surface area contributed by atoms with Gasteiger partial charge in [0.1, 0.15) is 0 Å². The van der Waals surface area contributed by atoms with Crippen molar-refractivity contribution in [2.24, 2.45) is 5.92 Å². The minimum absolute atomic E-state index is 0.118. The van der Waals surface area contributed by atoms with Crippen molar-refractivity contribution in [1.29, 1.82) is 0 Å². The molecule has 108 valence electrons. The Hall–Kier alpha value is -1.39. The lowest BCUT2D eigenvalue weighted by Crippen LogP contribution is -2.15. The molecule has 1 aromatic heterocycles. The number of carboxylic acid groups (broad SMARTS) is 1. The van der Waals surface area contributed by atoms with Crippen molar-refractivity contribution in [2.75, 3.05) is 0 Å². The zero-order valence-electron chi connectivity index (χ0n) is 12.2. The van der Waals surface area contributed by atoms with Gasteiger partial charge in [0.15, 0.2) is 5.69 Å². The van der Waals surface area contributed by atoms with Gasteiger partial charge in [-0.25, -0.2) is 9.48 Å². The molecule has 0 fully saturated rings. The standard InChI is InChI=1S/C14H25N3O2/c1-4-7-9-11(6-3)10-17-12(8-5-2)13(14(18)19)15-16-17/h11H,4-10H2,1-3H3,(H,18,19). The Morgan fingerprint density at radius 1 is 1.32 bits per heavy atom. The van der Waals surface area contributed by atoms with Crippen LogP contribution < -0.4 is 0 Å². The molecule has 0 aliphatic heterocycles. The number of hydrogen-bond acceptors (Lipinski definition) is 3. The Morgan fingerprint density at radius 2 is 2.05 bits per heavy atom. The SMILES string of the molecule is CCCCC(CC)Cn1nnc(C(=O)O)c1CCC. The Labute approximate surface area is 115 Å². The molecule has 1 aromatic rings. The molecule has 5 heteroatoms. The van der Waals surface area contributed by atoms with E-state index >= 15 is 0 Å². The summed E-state index contributed by atoms with van der Waals surface area (Å²) in [4.78, 5) is 11.1. The Balaban J connectivity index is 2.83. The molecule has 0 spiro atoms. The lowest BCUT2D eigenvalue weighted by Gasteiger charge is -2.15. The van der Waals surface area contributed by atoms with E-state index < -0.39 is 5.97 Å². The van der Waals surface area contributed by atoms with Gasteiger partial charge in [-0.1, -0.05) is 51.7 Å². The maximum Gasteiger partial charge on any atom is 0.358 e. The van der Waals surface area contributed by atoms with E-state index in [9.17, 15) is 4.79 Å². The summed E-state index contributed by atoms with van der Waals surface area (Å²) in [5, 5.41) is 17.0. The van der Waals surface area contributed by atoms with Crippen LogP contribution in [0.1, 0.15) is 69.1 Å². The normalized spacial score (nSPS) is 12.6. The topological polar surface area (TPSA) is 68.0 Å². The number of aromatic carboxylic acids is 1. The van der Waals surface area contributed by atoms with Crippen molar-refractivity contribution in [3.8, 4) is 0 Å². The lowest BCUT2D eigenvalue weighted by atomic mass is 9.99. The highest BCUT2D eigenvalue weighted by molar-refractivity contribution is 5.86. The number of nitrogens with zero attached hydrogens (tertiary/aromatic N) is 3. The summed E-state index contributed by atoms with van der Waals surface area (Å²) in [6.07, 6.45) is 6.28. The predicted molar refractivity (Wildman–Crippen MR) is 74.3 cm³/mol. The first-order valence-electron chi connectivity index (χ1n) is 7.29. The van der Waals surface area contributed by atoms with Crippen LogP contribution in [-0.2, 0) is 13.0 Å². The molecule has 1 heterocycles. The van der Waals surface area contributed by atoms with Gasteiger partial charge in [-0.05, 0) is 18.8 Å². The molecule has 19 heavy (non-hydrogen) atoms. The van der Waals surface area contributed by atoms with Crippen LogP contribution in [0.5, 0.6) is 0 Å². The van der Waals surface area contributed by atoms with Gasteiger partial charge in [0.25, 0.3) is 0 Å². The van der Waals surface area contributed by atoms with Crippen LogP contribution in [0, 0.1) is 5.92 Å². The molecule has 0 aromatic carbocycles. The Kier molecular flexibility index (Phi) is 6.53. The van der Waals surface area contributed by atoms with Crippen molar-refractivity contribution in [2.45, 2.75) is 65.8 Å². The average molecular weight is 267 g/mol. The number of rotatable bonds is 9. The molecule has 0 saturated heterocycles.